The highest BCUT2D eigenvalue weighted by atomic mass is 16.6. The Kier molecular flexibility index (Phi) is 5.87. The van der Waals surface area contributed by atoms with Crippen molar-refractivity contribution in [3.05, 3.63) is 99.6 Å². The Morgan fingerprint density at radius 1 is 1.09 bits per heavy atom. The van der Waals surface area contributed by atoms with Gasteiger partial charge in [0.1, 0.15) is 0 Å². The van der Waals surface area contributed by atoms with Crippen molar-refractivity contribution in [3.63, 3.8) is 0 Å². The predicted molar refractivity (Wildman–Crippen MR) is 124 cm³/mol. The Bertz CT molecular complexity index is 1210. The summed E-state index contributed by atoms with van der Waals surface area (Å²) in [6.45, 7) is 1.85. The lowest BCUT2D eigenvalue weighted by atomic mass is 9.99. The molecule has 1 atom stereocenters. The average Bonchev–Trinajstić information content (AvgIpc) is 3.11. The van der Waals surface area contributed by atoms with Crippen molar-refractivity contribution in [1.29, 1.82) is 0 Å². The Balaban J connectivity index is 1.81. The Labute approximate surface area is 184 Å². The zero-order valence-electron chi connectivity index (χ0n) is 17.3. The van der Waals surface area contributed by atoms with E-state index >= 15 is 0 Å². The molecule has 1 aliphatic rings. The van der Waals surface area contributed by atoms with Crippen LogP contribution in [0.1, 0.15) is 23.6 Å². The number of nitro groups is 1. The second-order valence-electron chi connectivity index (χ2n) is 7.42. The molecule has 1 unspecified atom stereocenters. The first-order chi connectivity index (χ1) is 15.4. The maximum Gasteiger partial charge on any atom is 0.270 e. The molecule has 0 aliphatic carbocycles. The van der Waals surface area contributed by atoms with Gasteiger partial charge in [0.25, 0.3) is 5.69 Å². The van der Waals surface area contributed by atoms with Crippen molar-refractivity contribution < 1.29 is 14.8 Å². The summed E-state index contributed by atoms with van der Waals surface area (Å²) in [5.74, 6) is -0.117. The molecule has 1 amide bonds. The molecule has 0 bridgehead atoms. The molecular weight excluding hydrogens is 408 g/mol. The van der Waals surface area contributed by atoms with Gasteiger partial charge in [-0.05, 0) is 29.3 Å². The number of benzene rings is 3. The smallest absolute Gasteiger partial charge is 0.270 e. The van der Waals surface area contributed by atoms with Crippen LogP contribution in [0, 0.1) is 10.1 Å². The van der Waals surface area contributed by atoms with E-state index in [9.17, 15) is 20.0 Å². The van der Waals surface area contributed by atoms with Gasteiger partial charge in [-0.25, -0.2) is 0 Å². The van der Waals surface area contributed by atoms with Crippen molar-refractivity contribution in [1.82, 2.24) is 5.32 Å². The van der Waals surface area contributed by atoms with Gasteiger partial charge in [-0.3, -0.25) is 14.9 Å². The summed E-state index contributed by atoms with van der Waals surface area (Å²) in [5, 5.41) is 31.3. The lowest BCUT2D eigenvalue weighted by Gasteiger charge is -2.18. The van der Waals surface area contributed by atoms with E-state index in [1.807, 2.05) is 54.6 Å². The summed E-state index contributed by atoms with van der Waals surface area (Å²) in [6.07, 6.45) is -1.04. The molecule has 4 rings (SSSR count). The van der Waals surface area contributed by atoms with Crippen molar-refractivity contribution in [2.75, 3.05) is 10.6 Å². The van der Waals surface area contributed by atoms with Crippen LogP contribution in [-0.2, 0) is 11.3 Å². The maximum atomic E-state index is 11.3. The summed E-state index contributed by atoms with van der Waals surface area (Å²) in [5.41, 5.74) is 4.75. The van der Waals surface area contributed by atoms with E-state index in [1.165, 1.54) is 19.1 Å². The molecule has 1 heterocycles. The monoisotopic (exact) mass is 430 g/mol. The molecule has 3 aromatic rings. The number of nitro benzene ring substituents is 1. The van der Waals surface area contributed by atoms with Crippen molar-refractivity contribution in [3.8, 4) is 0 Å². The highest BCUT2D eigenvalue weighted by molar-refractivity contribution is 6.03. The fourth-order valence-corrected chi connectivity index (χ4v) is 3.66. The van der Waals surface area contributed by atoms with Crippen LogP contribution in [-0.4, -0.2) is 22.2 Å². The number of non-ortho nitro benzene ring substituents is 1. The van der Waals surface area contributed by atoms with Gasteiger partial charge in [0.15, 0.2) is 6.23 Å². The van der Waals surface area contributed by atoms with Crippen LogP contribution in [0.15, 0.2) is 72.8 Å². The van der Waals surface area contributed by atoms with Crippen LogP contribution in [0.3, 0.4) is 0 Å². The van der Waals surface area contributed by atoms with E-state index < -0.39 is 11.2 Å². The van der Waals surface area contributed by atoms with E-state index in [-0.39, 0.29) is 11.6 Å². The van der Waals surface area contributed by atoms with Crippen LogP contribution in [0.2, 0.25) is 0 Å². The Morgan fingerprint density at radius 3 is 2.59 bits per heavy atom. The minimum atomic E-state index is -1.04. The number of fused-ring (bicyclic) bond motifs is 1. The van der Waals surface area contributed by atoms with Crippen molar-refractivity contribution in [2.45, 2.75) is 19.7 Å². The molecule has 1 aliphatic heterocycles. The summed E-state index contributed by atoms with van der Waals surface area (Å²) in [4.78, 5) is 22.1. The number of amides is 1. The van der Waals surface area contributed by atoms with Gasteiger partial charge >= 0.3 is 0 Å². The first-order valence-corrected chi connectivity index (χ1v) is 10.1. The molecule has 3 aromatic carbocycles. The standard InChI is InChI=1S/C24H22N4O4/c1-15(29)25-14-16-6-5-9-18(12-16)26-23(17-7-3-2-4-8-17)22-20-13-19(28(31)32)10-11-21(20)27-24(22)30/h2-13,24,26-27,30H,14H2,1H3,(H,25,29)/b23-22-. The number of carbonyl (C=O) groups excluding carboxylic acids is 1. The number of aliphatic hydroxyl groups excluding tert-OH is 1. The third-order valence-corrected chi connectivity index (χ3v) is 5.14. The van der Waals surface area contributed by atoms with Crippen molar-refractivity contribution >= 4 is 34.2 Å². The number of anilines is 2. The average molecular weight is 430 g/mol. The molecule has 0 fully saturated rings. The van der Waals surface area contributed by atoms with Crippen LogP contribution >= 0.6 is 0 Å². The van der Waals surface area contributed by atoms with Crippen LogP contribution < -0.4 is 16.0 Å². The Hall–Kier alpha value is -4.17. The number of hydrogen-bond acceptors (Lipinski definition) is 6. The molecule has 0 radical (unpaired) electrons. The van der Waals surface area contributed by atoms with Crippen LogP contribution in [0.4, 0.5) is 17.1 Å². The van der Waals surface area contributed by atoms with Crippen LogP contribution in [0.5, 0.6) is 0 Å². The number of nitrogens with one attached hydrogen (secondary N) is 3. The van der Waals surface area contributed by atoms with Gasteiger partial charge in [0, 0.05) is 48.1 Å². The predicted octanol–water partition coefficient (Wildman–Crippen LogP) is 3.96. The number of rotatable bonds is 6. The maximum absolute atomic E-state index is 11.3. The molecule has 8 heteroatoms. The van der Waals surface area contributed by atoms with E-state index in [4.69, 9.17) is 0 Å². The summed E-state index contributed by atoms with van der Waals surface area (Å²) >= 11 is 0. The van der Waals surface area contributed by atoms with E-state index in [0.717, 1.165) is 16.8 Å². The van der Waals surface area contributed by atoms with Crippen molar-refractivity contribution in [2.24, 2.45) is 0 Å². The SMILES string of the molecule is CC(=O)NCc1cccc(N/C(=C2/c3cc([N+](=O)[O-])ccc3NC2O)c2ccccc2)c1. The molecule has 162 valence electrons. The lowest BCUT2D eigenvalue weighted by molar-refractivity contribution is -0.384. The van der Waals surface area contributed by atoms with Gasteiger partial charge < -0.3 is 21.1 Å². The zero-order valence-corrected chi connectivity index (χ0v) is 17.3. The largest absolute Gasteiger partial charge is 0.369 e. The minimum absolute atomic E-state index is 0.0538. The molecule has 0 saturated carbocycles. The molecule has 0 spiro atoms. The summed E-state index contributed by atoms with van der Waals surface area (Å²) < 4.78 is 0. The molecule has 8 nitrogen and oxygen atoms in total. The van der Waals surface area contributed by atoms with Gasteiger partial charge in [-0.1, -0.05) is 42.5 Å². The molecular formula is C24H22N4O4. The fourth-order valence-electron chi connectivity index (χ4n) is 3.66. The van der Waals surface area contributed by atoms with Gasteiger partial charge in [-0.2, -0.15) is 0 Å². The van der Waals surface area contributed by atoms with E-state index in [1.54, 1.807) is 6.07 Å². The summed E-state index contributed by atoms with van der Waals surface area (Å²) in [6, 6.07) is 21.5. The Morgan fingerprint density at radius 2 is 1.88 bits per heavy atom. The quantitative estimate of drug-likeness (QED) is 0.348. The third-order valence-electron chi connectivity index (χ3n) is 5.14. The second-order valence-corrected chi connectivity index (χ2v) is 7.42. The highest BCUT2D eigenvalue weighted by Crippen LogP contribution is 2.41. The molecule has 0 aromatic heterocycles. The number of hydrogen-bond donors (Lipinski definition) is 4. The minimum Gasteiger partial charge on any atom is -0.369 e. The third kappa shape index (κ3) is 4.45. The van der Waals surface area contributed by atoms with Crippen LogP contribution in [0.25, 0.3) is 11.3 Å². The lowest BCUT2D eigenvalue weighted by Crippen LogP contribution is -2.19. The first kappa shape index (κ1) is 21.1. The topological polar surface area (TPSA) is 117 Å². The van der Waals surface area contributed by atoms with E-state index in [0.29, 0.717) is 29.1 Å². The normalized spacial score (nSPS) is 16.0. The number of nitrogens with zero attached hydrogens (tertiary/aromatic N) is 1. The van der Waals surface area contributed by atoms with E-state index in [2.05, 4.69) is 16.0 Å². The van der Waals surface area contributed by atoms with Gasteiger partial charge in [0.2, 0.25) is 5.91 Å². The number of carbonyl (C=O) groups is 1. The highest BCUT2D eigenvalue weighted by Gasteiger charge is 2.30. The number of aliphatic hydroxyl groups is 1. The molecule has 32 heavy (non-hydrogen) atoms. The van der Waals surface area contributed by atoms with Gasteiger partial charge in [-0.15, -0.1) is 0 Å². The second kappa shape index (κ2) is 8.91. The first-order valence-electron chi connectivity index (χ1n) is 10.1. The zero-order chi connectivity index (χ0) is 22.7. The van der Waals surface area contributed by atoms with Gasteiger partial charge in [0.05, 0.1) is 10.6 Å². The fraction of sp³-hybridized carbons (Fsp3) is 0.125. The summed E-state index contributed by atoms with van der Waals surface area (Å²) in [7, 11) is 0. The molecule has 0 saturated heterocycles. The molecule has 4 N–H and O–H groups in total.